The molecule has 0 radical (unpaired) electrons. The summed E-state index contributed by atoms with van der Waals surface area (Å²) in [5.41, 5.74) is 0.144. The molecule has 1 aromatic heterocycles. The van der Waals surface area contributed by atoms with Crippen LogP contribution in [0.15, 0.2) is 5.38 Å². The highest BCUT2D eigenvalue weighted by Crippen LogP contribution is 2.33. The number of esters is 1. The molecule has 0 aliphatic carbocycles. The van der Waals surface area contributed by atoms with Crippen molar-refractivity contribution >= 4 is 29.1 Å². The van der Waals surface area contributed by atoms with E-state index in [1.54, 1.807) is 11.3 Å². The largest absolute Gasteiger partial charge is 0.465 e. The molecule has 0 aromatic carbocycles. The Kier molecular flexibility index (Phi) is 5.09. The maximum absolute atomic E-state index is 12.0. The molecule has 0 saturated carbocycles. The Morgan fingerprint density at radius 2 is 2.35 bits per heavy atom. The maximum Gasteiger partial charge on any atom is 0.317 e. The normalized spacial score (nSPS) is 20.9. The number of hydrogen-bond donors (Lipinski definition) is 0. The van der Waals surface area contributed by atoms with Crippen molar-refractivity contribution < 1.29 is 9.53 Å². The van der Waals surface area contributed by atoms with Gasteiger partial charge in [-0.2, -0.15) is 11.8 Å². The molecule has 1 fully saturated rings. The predicted molar refractivity (Wildman–Crippen MR) is 84.5 cm³/mol. The zero-order chi connectivity index (χ0) is 14.8. The van der Waals surface area contributed by atoms with Crippen LogP contribution in [0.2, 0.25) is 0 Å². The molecule has 112 valence electrons. The first kappa shape index (κ1) is 15.8. The van der Waals surface area contributed by atoms with Crippen LogP contribution in [0, 0.1) is 0 Å². The third-order valence-electron chi connectivity index (χ3n) is 3.63. The van der Waals surface area contributed by atoms with E-state index in [-0.39, 0.29) is 5.97 Å². The Bertz CT molecular complexity index is 473. The first-order chi connectivity index (χ1) is 9.46. The molecule has 2 heterocycles. The fraction of sp³-hybridized carbons (Fsp3) is 0.714. The third-order valence-corrected chi connectivity index (χ3v) is 5.60. The highest BCUT2D eigenvalue weighted by Gasteiger charge is 2.35. The summed E-state index contributed by atoms with van der Waals surface area (Å²) in [5.74, 6) is 2.05. The molecule has 1 aliphatic heterocycles. The number of hydrogen-bond acceptors (Lipinski definition) is 6. The summed E-state index contributed by atoms with van der Waals surface area (Å²) in [4.78, 5) is 19.1. The van der Waals surface area contributed by atoms with E-state index >= 15 is 0 Å². The number of nitrogens with zero attached hydrogens (tertiary/aromatic N) is 2. The molecule has 1 atom stereocenters. The van der Waals surface area contributed by atoms with Gasteiger partial charge in [0.2, 0.25) is 0 Å². The summed E-state index contributed by atoms with van der Waals surface area (Å²) in [5, 5.41) is 3.10. The molecule has 6 heteroatoms. The SMILES string of the molecule is CCOC(=O)C(C)(C)c1csc(C2CSCCN2C)n1. The lowest BCUT2D eigenvalue weighted by atomic mass is 9.90. The van der Waals surface area contributed by atoms with Gasteiger partial charge in [-0.1, -0.05) is 0 Å². The van der Waals surface area contributed by atoms with Gasteiger partial charge in [0, 0.05) is 23.4 Å². The van der Waals surface area contributed by atoms with Crippen LogP contribution in [0.5, 0.6) is 0 Å². The second-order valence-corrected chi connectivity index (χ2v) is 7.53. The summed E-state index contributed by atoms with van der Waals surface area (Å²) in [7, 11) is 2.14. The van der Waals surface area contributed by atoms with Crippen molar-refractivity contribution in [1.82, 2.24) is 9.88 Å². The number of rotatable bonds is 4. The molecule has 1 saturated heterocycles. The molecule has 20 heavy (non-hydrogen) atoms. The van der Waals surface area contributed by atoms with E-state index in [0.717, 1.165) is 23.0 Å². The molecular weight excluding hydrogens is 292 g/mol. The third kappa shape index (κ3) is 3.18. The maximum atomic E-state index is 12.0. The molecule has 4 nitrogen and oxygen atoms in total. The minimum Gasteiger partial charge on any atom is -0.465 e. The lowest BCUT2D eigenvalue weighted by Gasteiger charge is -2.30. The number of carbonyl (C=O) groups excluding carboxylic acids is 1. The van der Waals surface area contributed by atoms with Crippen LogP contribution in [-0.4, -0.2) is 47.6 Å². The van der Waals surface area contributed by atoms with E-state index in [9.17, 15) is 4.79 Å². The van der Waals surface area contributed by atoms with Crippen LogP contribution in [0.25, 0.3) is 0 Å². The van der Waals surface area contributed by atoms with Crippen molar-refractivity contribution in [3.63, 3.8) is 0 Å². The Morgan fingerprint density at radius 3 is 3.00 bits per heavy atom. The predicted octanol–water partition coefficient (Wildman–Crippen LogP) is 2.70. The number of carbonyl (C=O) groups is 1. The van der Waals surface area contributed by atoms with E-state index in [1.165, 1.54) is 5.75 Å². The minimum absolute atomic E-state index is 0.205. The molecule has 1 aromatic rings. The monoisotopic (exact) mass is 314 g/mol. The van der Waals surface area contributed by atoms with Crippen molar-refractivity contribution in [3.8, 4) is 0 Å². The summed E-state index contributed by atoms with van der Waals surface area (Å²) in [6.45, 7) is 7.08. The molecule has 1 aliphatic rings. The highest BCUT2D eigenvalue weighted by molar-refractivity contribution is 7.99. The van der Waals surface area contributed by atoms with Crippen molar-refractivity contribution in [3.05, 3.63) is 16.1 Å². The van der Waals surface area contributed by atoms with Gasteiger partial charge in [-0.15, -0.1) is 11.3 Å². The highest BCUT2D eigenvalue weighted by atomic mass is 32.2. The summed E-state index contributed by atoms with van der Waals surface area (Å²) in [6.07, 6.45) is 0. The average Bonchev–Trinajstić information content (AvgIpc) is 2.89. The lowest BCUT2D eigenvalue weighted by Crippen LogP contribution is -2.33. The van der Waals surface area contributed by atoms with Crippen molar-refractivity contribution in [2.24, 2.45) is 0 Å². The quantitative estimate of drug-likeness (QED) is 0.799. The molecule has 2 rings (SSSR count). The van der Waals surface area contributed by atoms with Crippen molar-refractivity contribution in [2.45, 2.75) is 32.2 Å². The second-order valence-electron chi connectivity index (χ2n) is 5.49. The minimum atomic E-state index is -0.675. The molecular formula is C14H22N2O2S2. The van der Waals surface area contributed by atoms with Gasteiger partial charge in [-0.3, -0.25) is 9.69 Å². The Balaban J connectivity index is 2.17. The van der Waals surface area contributed by atoms with Gasteiger partial charge in [-0.05, 0) is 27.8 Å². The van der Waals surface area contributed by atoms with Crippen LogP contribution in [0.4, 0.5) is 0 Å². The van der Waals surface area contributed by atoms with Crippen LogP contribution in [0.1, 0.15) is 37.5 Å². The Labute approximate surface area is 128 Å². The number of thioether (sulfide) groups is 1. The molecule has 0 N–H and O–H groups in total. The lowest BCUT2D eigenvalue weighted by molar-refractivity contribution is -0.148. The standard InChI is InChI=1S/C14H22N2O2S2/c1-5-18-13(17)14(2,3)11-9-20-12(15-11)10-8-19-7-6-16(10)4/h9-10H,5-8H2,1-4H3. The Hall–Kier alpha value is -0.590. The Morgan fingerprint density at radius 1 is 1.60 bits per heavy atom. The van der Waals surface area contributed by atoms with E-state index < -0.39 is 5.41 Å². The van der Waals surface area contributed by atoms with Gasteiger partial charge < -0.3 is 4.74 Å². The summed E-state index contributed by atoms with van der Waals surface area (Å²) < 4.78 is 5.15. The van der Waals surface area contributed by atoms with E-state index in [4.69, 9.17) is 9.72 Å². The zero-order valence-corrected chi connectivity index (χ0v) is 14.1. The first-order valence-electron chi connectivity index (χ1n) is 6.88. The van der Waals surface area contributed by atoms with Gasteiger partial charge in [-0.25, -0.2) is 4.98 Å². The average molecular weight is 314 g/mol. The fourth-order valence-corrected chi connectivity index (χ4v) is 4.57. The van der Waals surface area contributed by atoms with Gasteiger partial charge in [0.25, 0.3) is 0 Å². The van der Waals surface area contributed by atoms with Gasteiger partial charge in [0.15, 0.2) is 0 Å². The zero-order valence-electron chi connectivity index (χ0n) is 12.5. The molecule has 0 bridgehead atoms. The van der Waals surface area contributed by atoms with Crippen molar-refractivity contribution in [1.29, 1.82) is 0 Å². The van der Waals surface area contributed by atoms with E-state index in [0.29, 0.717) is 12.6 Å². The van der Waals surface area contributed by atoms with Gasteiger partial charge in [0.05, 0.1) is 18.3 Å². The number of aromatic nitrogens is 1. The van der Waals surface area contributed by atoms with Crippen LogP contribution < -0.4 is 0 Å². The van der Waals surface area contributed by atoms with Crippen LogP contribution in [-0.2, 0) is 14.9 Å². The van der Waals surface area contributed by atoms with Gasteiger partial charge >= 0.3 is 5.97 Å². The van der Waals surface area contributed by atoms with Crippen LogP contribution >= 0.6 is 23.1 Å². The number of thiazole rings is 1. The summed E-state index contributed by atoms with van der Waals surface area (Å²) >= 11 is 3.61. The molecule has 0 amide bonds. The molecule has 0 spiro atoms. The van der Waals surface area contributed by atoms with E-state index in [1.807, 2.05) is 37.9 Å². The summed E-state index contributed by atoms with van der Waals surface area (Å²) in [6, 6.07) is 0.366. The van der Waals surface area contributed by atoms with E-state index in [2.05, 4.69) is 11.9 Å². The smallest absolute Gasteiger partial charge is 0.317 e. The van der Waals surface area contributed by atoms with Crippen molar-refractivity contribution in [2.75, 3.05) is 31.7 Å². The topological polar surface area (TPSA) is 42.4 Å². The first-order valence-corrected chi connectivity index (χ1v) is 8.91. The molecule has 1 unspecified atom stereocenters. The van der Waals surface area contributed by atoms with Gasteiger partial charge in [0.1, 0.15) is 10.4 Å². The van der Waals surface area contributed by atoms with Crippen LogP contribution in [0.3, 0.4) is 0 Å². The fourth-order valence-electron chi connectivity index (χ4n) is 2.09. The second kappa shape index (κ2) is 6.45. The number of ether oxygens (including phenoxy) is 1.